The number of hydrogen-bond donors (Lipinski definition) is 0. The van der Waals surface area contributed by atoms with Gasteiger partial charge < -0.3 is 9.47 Å². The smallest absolute Gasteiger partial charge is 0.0735 e. The summed E-state index contributed by atoms with van der Waals surface area (Å²) in [5, 5.41) is 4.94. The van der Waals surface area contributed by atoms with Crippen LogP contribution in [0.3, 0.4) is 0 Å². The Labute approximate surface area is 400 Å². The Hall–Kier alpha value is -8.37. The largest absolute Gasteiger partial charge is 0.310 e. The van der Waals surface area contributed by atoms with Crippen molar-refractivity contribution in [3.05, 3.63) is 277 Å². The summed E-state index contributed by atoms with van der Waals surface area (Å²) < 4.78 is 2.52. The average Bonchev–Trinajstić information content (AvgIpc) is 3.74. The molecular formula is C65H42N2S. The molecule has 318 valence electrons. The number of nitrogens with zero attached hydrogens (tertiary/aromatic N) is 2. The molecular weight excluding hydrogens is 841 g/mol. The molecule has 0 saturated carbocycles. The molecule has 1 aliphatic heterocycles. The Morgan fingerprint density at radius 1 is 0.338 bits per heavy atom. The van der Waals surface area contributed by atoms with Crippen molar-refractivity contribution in [2.24, 2.45) is 0 Å². The van der Waals surface area contributed by atoms with Gasteiger partial charge in [0.1, 0.15) is 0 Å². The third-order valence-electron chi connectivity index (χ3n) is 14.4. The molecule has 68 heavy (non-hydrogen) atoms. The molecule has 2 aliphatic rings. The molecule has 14 rings (SSSR count). The van der Waals surface area contributed by atoms with Gasteiger partial charge in [-0.25, -0.2) is 0 Å². The summed E-state index contributed by atoms with van der Waals surface area (Å²) in [5.41, 5.74) is 18.9. The Kier molecular flexibility index (Phi) is 8.77. The number of aromatic nitrogens is 1. The van der Waals surface area contributed by atoms with Crippen LogP contribution in [0.5, 0.6) is 0 Å². The molecule has 0 atom stereocenters. The zero-order chi connectivity index (χ0) is 44.8. The maximum Gasteiger partial charge on any atom is 0.0735 e. The second-order valence-corrected chi connectivity index (χ2v) is 19.0. The molecule has 0 N–H and O–H groups in total. The number of para-hydroxylation sites is 3. The molecule has 0 fully saturated rings. The quantitative estimate of drug-likeness (QED) is 0.164. The first-order chi connectivity index (χ1) is 33.8. The van der Waals surface area contributed by atoms with E-state index in [1.54, 1.807) is 0 Å². The van der Waals surface area contributed by atoms with Crippen molar-refractivity contribution >= 4 is 61.4 Å². The molecule has 0 bridgehead atoms. The summed E-state index contributed by atoms with van der Waals surface area (Å²) in [6, 6.07) is 94.4. The maximum atomic E-state index is 2.52. The summed E-state index contributed by atoms with van der Waals surface area (Å²) >= 11 is 1.89. The summed E-state index contributed by atoms with van der Waals surface area (Å²) in [7, 11) is 0. The van der Waals surface area contributed by atoms with E-state index in [9.17, 15) is 0 Å². The Morgan fingerprint density at radius 3 is 1.57 bits per heavy atom. The first-order valence-corrected chi connectivity index (χ1v) is 24.2. The third kappa shape index (κ3) is 5.60. The van der Waals surface area contributed by atoms with E-state index in [1.807, 2.05) is 11.8 Å². The second kappa shape index (κ2) is 15.4. The molecule has 1 spiro atoms. The van der Waals surface area contributed by atoms with Crippen molar-refractivity contribution in [2.75, 3.05) is 4.90 Å². The van der Waals surface area contributed by atoms with Crippen LogP contribution in [0.1, 0.15) is 22.3 Å². The summed E-state index contributed by atoms with van der Waals surface area (Å²) in [5.74, 6) is 0. The lowest BCUT2D eigenvalue weighted by Gasteiger charge is -2.46. The molecule has 12 aromatic rings. The van der Waals surface area contributed by atoms with Gasteiger partial charge in [0.25, 0.3) is 0 Å². The van der Waals surface area contributed by atoms with Crippen molar-refractivity contribution < 1.29 is 0 Å². The minimum absolute atomic E-state index is 0.514. The zero-order valence-electron chi connectivity index (χ0n) is 37.1. The van der Waals surface area contributed by atoms with Gasteiger partial charge in [-0.3, -0.25) is 0 Å². The van der Waals surface area contributed by atoms with E-state index in [-0.39, 0.29) is 0 Å². The van der Waals surface area contributed by atoms with Gasteiger partial charge in [0.15, 0.2) is 0 Å². The van der Waals surface area contributed by atoms with Gasteiger partial charge in [-0.15, -0.1) is 0 Å². The number of benzene rings is 11. The van der Waals surface area contributed by atoms with E-state index in [1.165, 1.54) is 92.5 Å². The second-order valence-electron chi connectivity index (χ2n) is 17.9. The van der Waals surface area contributed by atoms with E-state index >= 15 is 0 Å². The predicted molar refractivity (Wildman–Crippen MR) is 285 cm³/mol. The molecule has 0 radical (unpaired) electrons. The Bertz CT molecular complexity index is 3840. The predicted octanol–water partition coefficient (Wildman–Crippen LogP) is 17.6. The van der Waals surface area contributed by atoms with Gasteiger partial charge in [0, 0.05) is 48.5 Å². The fraction of sp³-hybridized carbons (Fsp3) is 0.0154. The van der Waals surface area contributed by atoms with Crippen LogP contribution >= 0.6 is 11.8 Å². The van der Waals surface area contributed by atoms with Crippen LogP contribution in [-0.4, -0.2) is 4.57 Å². The number of rotatable bonds is 6. The van der Waals surface area contributed by atoms with Crippen LogP contribution in [-0.2, 0) is 5.41 Å². The standard InChI is InChI=1S/C65H42N2S/c1-4-20-43(21-5-1)47-28-18-29-48(44-22-6-2-7-23-44)64(47)67-58-35-15-11-27-50(58)51-39-38-46(42-60(51)67)66(45-24-8-3-9-25-45)59-41-40-52-49-26-10-12-31-54(49)65(57-34-19-30-53(59)63(52)57)55-32-13-16-36-61(55)68-62-37-17-14-33-56(62)65/h1-42H. The highest BCUT2D eigenvalue weighted by atomic mass is 32.2. The normalized spacial score (nSPS) is 13.1. The summed E-state index contributed by atoms with van der Waals surface area (Å²) in [6.45, 7) is 0. The van der Waals surface area contributed by atoms with Crippen molar-refractivity contribution in [3.63, 3.8) is 0 Å². The third-order valence-corrected chi connectivity index (χ3v) is 15.6. The summed E-state index contributed by atoms with van der Waals surface area (Å²) in [4.78, 5) is 5.09. The van der Waals surface area contributed by atoms with Crippen LogP contribution in [0.4, 0.5) is 17.1 Å². The van der Waals surface area contributed by atoms with Crippen molar-refractivity contribution in [1.82, 2.24) is 4.57 Å². The van der Waals surface area contributed by atoms with Crippen LogP contribution in [0, 0.1) is 0 Å². The van der Waals surface area contributed by atoms with Crippen LogP contribution < -0.4 is 4.90 Å². The highest BCUT2D eigenvalue weighted by Crippen LogP contribution is 2.62. The van der Waals surface area contributed by atoms with E-state index in [0.29, 0.717) is 0 Å². The minimum atomic E-state index is -0.514. The molecule has 3 heteroatoms. The monoisotopic (exact) mass is 882 g/mol. The van der Waals surface area contributed by atoms with Crippen molar-refractivity contribution in [2.45, 2.75) is 15.2 Å². The molecule has 0 unspecified atom stereocenters. The van der Waals surface area contributed by atoms with Crippen molar-refractivity contribution in [3.8, 4) is 39.1 Å². The van der Waals surface area contributed by atoms with Gasteiger partial charge in [-0.2, -0.15) is 0 Å². The highest BCUT2D eigenvalue weighted by Gasteiger charge is 2.48. The SMILES string of the molecule is c1ccc(-c2cccc(-c3ccccc3)c2-n2c3ccccc3c3ccc(N(c4ccccc4)c4ccc5c6c(cccc46)C4(c6ccccc6Sc6ccccc64)c4ccccc4-5)cc32)cc1. The fourth-order valence-electron chi connectivity index (χ4n) is 11.7. The Balaban J connectivity index is 1.07. The molecule has 1 aromatic heterocycles. The molecule has 2 nitrogen and oxygen atoms in total. The van der Waals surface area contributed by atoms with Gasteiger partial charge in [0.05, 0.1) is 27.8 Å². The fourth-order valence-corrected chi connectivity index (χ4v) is 12.9. The molecule has 1 aliphatic carbocycles. The van der Waals surface area contributed by atoms with Gasteiger partial charge in [-0.05, 0) is 98.4 Å². The van der Waals surface area contributed by atoms with Gasteiger partial charge in [-0.1, -0.05) is 218 Å². The minimum Gasteiger partial charge on any atom is -0.310 e. The number of fused-ring (bicyclic) bond motifs is 11. The number of hydrogen-bond acceptors (Lipinski definition) is 2. The molecule has 11 aromatic carbocycles. The van der Waals surface area contributed by atoms with Gasteiger partial charge in [0.2, 0.25) is 0 Å². The average molecular weight is 883 g/mol. The van der Waals surface area contributed by atoms with E-state index in [0.717, 1.165) is 28.3 Å². The Morgan fingerprint density at radius 2 is 0.868 bits per heavy atom. The topological polar surface area (TPSA) is 8.17 Å². The zero-order valence-corrected chi connectivity index (χ0v) is 37.9. The van der Waals surface area contributed by atoms with Crippen LogP contribution in [0.2, 0.25) is 0 Å². The van der Waals surface area contributed by atoms with E-state index in [2.05, 4.69) is 264 Å². The first-order valence-electron chi connectivity index (χ1n) is 23.4. The maximum absolute atomic E-state index is 2.52. The highest BCUT2D eigenvalue weighted by molar-refractivity contribution is 7.99. The summed E-state index contributed by atoms with van der Waals surface area (Å²) in [6.07, 6.45) is 0. The molecule has 0 amide bonds. The lowest BCUT2D eigenvalue weighted by molar-refractivity contribution is 0.707. The molecule has 0 saturated heterocycles. The lowest BCUT2D eigenvalue weighted by atomic mass is 9.59. The first kappa shape index (κ1) is 38.9. The van der Waals surface area contributed by atoms with E-state index in [4.69, 9.17) is 0 Å². The number of anilines is 3. The lowest BCUT2D eigenvalue weighted by Crippen LogP contribution is -2.36. The molecule has 2 heterocycles. The van der Waals surface area contributed by atoms with Crippen LogP contribution in [0.15, 0.2) is 265 Å². The van der Waals surface area contributed by atoms with Gasteiger partial charge >= 0.3 is 0 Å². The van der Waals surface area contributed by atoms with Crippen LogP contribution in [0.25, 0.3) is 71.6 Å². The van der Waals surface area contributed by atoms with E-state index < -0.39 is 5.41 Å². The van der Waals surface area contributed by atoms with Crippen molar-refractivity contribution in [1.29, 1.82) is 0 Å².